The fourth-order valence-electron chi connectivity index (χ4n) is 4.40. The van der Waals surface area contributed by atoms with Gasteiger partial charge in [-0.05, 0) is 92.5 Å². The van der Waals surface area contributed by atoms with Crippen LogP contribution in [-0.4, -0.2) is 50.4 Å². The first-order valence-electron chi connectivity index (χ1n) is 13.6. The summed E-state index contributed by atoms with van der Waals surface area (Å²) in [5.41, 5.74) is 1.08. The molecule has 0 unspecified atom stereocenters. The van der Waals surface area contributed by atoms with Gasteiger partial charge < -0.3 is 15.0 Å². The van der Waals surface area contributed by atoms with E-state index in [1.54, 1.807) is 49.4 Å². The molecule has 0 spiro atoms. The second-order valence-electron chi connectivity index (χ2n) is 11.0. The molecule has 8 nitrogen and oxygen atoms in total. The van der Waals surface area contributed by atoms with Crippen LogP contribution in [0.3, 0.4) is 0 Å². The van der Waals surface area contributed by atoms with Crippen molar-refractivity contribution in [2.45, 2.75) is 64.1 Å². The van der Waals surface area contributed by atoms with Gasteiger partial charge >= 0.3 is 0 Å². The average molecular weight is 714 g/mol. The van der Waals surface area contributed by atoms with Crippen LogP contribution >= 0.6 is 39.1 Å². The molecule has 0 bridgehead atoms. The van der Waals surface area contributed by atoms with Crippen LogP contribution in [0.15, 0.2) is 70.0 Å². The summed E-state index contributed by atoms with van der Waals surface area (Å²) in [6.07, 6.45) is 0.262. The van der Waals surface area contributed by atoms with Crippen LogP contribution in [0, 0.1) is 6.92 Å². The summed E-state index contributed by atoms with van der Waals surface area (Å²) in [4.78, 5) is 29.0. The van der Waals surface area contributed by atoms with E-state index in [9.17, 15) is 18.0 Å². The molecule has 3 aromatic rings. The summed E-state index contributed by atoms with van der Waals surface area (Å²) < 4.78 is 35.0. The summed E-state index contributed by atoms with van der Waals surface area (Å²) >= 11 is 16.3. The number of hydrogen-bond donors (Lipinski definition) is 1. The maximum absolute atomic E-state index is 14.3. The number of hydrogen-bond acceptors (Lipinski definition) is 5. The molecule has 0 aliphatic rings. The zero-order valence-corrected chi connectivity index (χ0v) is 28.9. The van der Waals surface area contributed by atoms with Crippen molar-refractivity contribution in [2.24, 2.45) is 0 Å². The Balaban J connectivity index is 2.13. The van der Waals surface area contributed by atoms with Gasteiger partial charge in [0, 0.05) is 27.7 Å². The predicted molar refractivity (Wildman–Crippen MR) is 175 cm³/mol. The second kappa shape index (κ2) is 14.3. The van der Waals surface area contributed by atoms with Gasteiger partial charge in [-0.15, -0.1) is 0 Å². The highest BCUT2D eigenvalue weighted by Crippen LogP contribution is 2.32. The fraction of sp³-hybridized carbons (Fsp3) is 0.355. The number of nitrogens with one attached hydrogen (secondary N) is 1. The Labute approximate surface area is 272 Å². The molecule has 43 heavy (non-hydrogen) atoms. The van der Waals surface area contributed by atoms with Gasteiger partial charge in [0.1, 0.15) is 18.3 Å². The number of carbonyl (C=O) groups is 2. The molecule has 1 N–H and O–H groups in total. The van der Waals surface area contributed by atoms with Crippen LogP contribution in [0.25, 0.3) is 0 Å². The highest BCUT2D eigenvalue weighted by molar-refractivity contribution is 9.10. The van der Waals surface area contributed by atoms with E-state index in [4.69, 9.17) is 27.9 Å². The van der Waals surface area contributed by atoms with E-state index in [2.05, 4.69) is 21.2 Å². The predicted octanol–water partition coefficient (Wildman–Crippen LogP) is 6.99. The maximum atomic E-state index is 14.3. The number of amides is 2. The molecule has 12 heteroatoms. The van der Waals surface area contributed by atoms with Crippen LogP contribution in [0.1, 0.15) is 45.2 Å². The Kier molecular flexibility index (Phi) is 11.6. The van der Waals surface area contributed by atoms with Crippen molar-refractivity contribution in [2.75, 3.05) is 18.0 Å². The van der Waals surface area contributed by atoms with Crippen LogP contribution in [-0.2, 0) is 26.2 Å². The minimum Gasteiger partial charge on any atom is -0.496 e. The molecule has 0 aromatic heterocycles. The molecule has 0 saturated carbocycles. The van der Waals surface area contributed by atoms with Gasteiger partial charge in [0.05, 0.1) is 22.2 Å². The molecule has 232 valence electrons. The lowest BCUT2D eigenvalue weighted by atomic mass is 10.1. The number of aryl methyl sites for hydroxylation is 1. The van der Waals surface area contributed by atoms with Crippen molar-refractivity contribution in [3.05, 3.63) is 86.3 Å². The molecule has 0 radical (unpaired) electrons. The van der Waals surface area contributed by atoms with Crippen molar-refractivity contribution in [3.63, 3.8) is 0 Å². The number of carbonyl (C=O) groups excluding carboxylic acids is 2. The number of rotatable bonds is 11. The third kappa shape index (κ3) is 8.65. The SMILES string of the molecule is CC[C@@H](C(=O)NC(C)(C)C)N(Cc1c(Cl)cccc1Cl)C(=O)CN(c1ccc(C)cc1)S(=O)(=O)c1ccc(OC)c(Br)c1. The highest BCUT2D eigenvalue weighted by Gasteiger charge is 2.35. The van der Waals surface area contributed by atoms with Gasteiger partial charge in [0.15, 0.2) is 0 Å². The van der Waals surface area contributed by atoms with Crippen molar-refractivity contribution in [1.82, 2.24) is 10.2 Å². The number of benzene rings is 3. The molecule has 0 heterocycles. The summed E-state index contributed by atoms with van der Waals surface area (Å²) in [7, 11) is -2.79. The Morgan fingerprint density at radius 2 is 1.63 bits per heavy atom. The molecule has 2 amide bonds. The second-order valence-corrected chi connectivity index (χ2v) is 14.6. The first-order chi connectivity index (χ1) is 20.1. The largest absolute Gasteiger partial charge is 0.496 e. The monoisotopic (exact) mass is 711 g/mol. The Morgan fingerprint density at radius 3 is 2.14 bits per heavy atom. The van der Waals surface area contributed by atoms with Crippen molar-refractivity contribution in [3.8, 4) is 5.75 Å². The molecule has 0 aliphatic heterocycles. The first-order valence-corrected chi connectivity index (χ1v) is 16.5. The summed E-state index contributed by atoms with van der Waals surface area (Å²) in [5.74, 6) is -0.533. The molecule has 1 atom stereocenters. The van der Waals surface area contributed by atoms with Gasteiger partial charge in [0.2, 0.25) is 11.8 Å². The molecule has 3 rings (SSSR count). The van der Waals surface area contributed by atoms with Crippen molar-refractivity contribution in [1.29, 1.82) is 0 Å². The standard InChI is InChI=1S/C31H36BrCl2N3O5S/c1-7-27(30(39)35-31(3,4)5)36(18-23-25(33)9-8-10-26(23)34)29(38)19-37(21-13-11-20(2)12-14-21)43(40,41)22-15-16-28(42-6)24(32)17-22/h8-17,27H,7,18-19H2,1-6H3,(H,35,39)/t27-/m0/s1. The molecule has 3 aromatic carbocycles. The Hall–Kier alpha value is -2.79. The average Bonchev–Trinajstić information content (AvgIpc) is 2.92. The molecule has 0 fully saturated rings. The molecular weight excluding hydrogens is 677 g/mol. The fourth-order valence-corrected chi connectivity index (χ4v) is 7.05. The van der Waals surface area contributed by atoms with E-state index < -0.39 is 34.1 Å². The topological polar surface area (TPSA) is 96.0 Å². The molecule has 0 saturated heterocycles. The number of anilines is 1. The third-order valence-corrected chi connectivity index (χ3v) is 9.68. The normalized spacial score (nSPS) is 12.4. The lowest BCUT2D eigenvalue weighted by molar-refractivity contribution is -0.141. The number of methoxy groups -OCH3 is 1. The van der Waals surface area contributed by atoms with E-state index in [-0.39, 0.29) is 29.5 Å². The zero-order chi connectivity index (χ0) is 32.1. The van der Waals surface area contributed by atoms with Crippen LogP contribution in [0.5, 0.6) is 5.75 Å². The van der Waals surface area contributed by atoms with Gasteiger partial charge in [-0.25, -0.2) is 8.42 Å². The lowest BCUT2D eigenvalue weighted by Crippen LogP contribution is -2.55. The first kappa shape index (κ1) is 34.7. The van der Waals surface area contributed by atoms with E-state index in [0.29, 0.717) is 25.8 Å². The van der Waals surface area contributed by atoms with Crippen molar-refractivity contribution >= 4 is 66.7 Å². The highest BCUT2D eigenvalue weighted by atomic mass is 79.9. The minimum absolute atomic E-state index is 0.0493. The number of nitrogens with zero attached hydrogens (tertiary/aromatic N) is 2. The van der Waals surface area contributed by atoms with Crippen LogP contribution in [0.2, 0.25) is 10.0 Å². The maximum Gasteiger partial charge on any atom is 0.264 e. The van der Waals surface area contributed by atoms with Crippen LogP contribution in [0.4, 0.5) is 5.69 Å². The van der Waals surface area contributed by atoms with E-state index in [1.807, 2.05) is 27.7 Å². The quantitative estimate of drug-likeness (QED) is 0.231. The minimum atomic E-state index is -4.27. The van der Waals surface area contributed by atoms with E-state index in [1.165, 1.54) is 30.2 Å². The van der Waals surface area contributed by atoms with Gasteiger partial charge in [-0.2, -0.15) is 0 Å². The van der Waals surface area contributed by atoms with E-state index >= 15 is 0 Å². The van der Waals surface area contributed by atoms with Gasteiger partial charge in [-0.3, -0.25) is 13.9 Å². The lowest BCUT2D eigenvalue weighted by Gasteiger charge is -2.35. The van der Waals surface area contributed by atoms with Crippen molar-refractivity contribution < 1.29 is 22.7 Å². The van der Waals surface area contributed by atoms with Gasteiger partial charge in [-0.1, -0.05) is 53.9 Å². The molecule has 0 aliphatic carbocycles. The number of sulfonamides is 1. The smallest absolute Gasteiger partial charge is 0.264 e. The summed E-state index contributed by atoms with van der Waals surface area (Å²) in [6.45, 7) is 8.49. The van der Waals surface area contributed by atoms with Crippen LogP contribution < -0.4 is 14.4 Å². The molecular formula is C31H36BrCl2N3O5S. The van der Waals surface area contributed by atoms with E-state index in [0.717, 1.165) is 9.87 Å². The third-order valence-electron chi connectivity index (χ3n) is 6.59. The number of halogens is 3. The Bertz CT molecular complexity index is 1560. The zero-order valence-electron chi connectivity index (χ0n) is 24.9. The summed E-state index contributed by atoms with van der Waals surface area (Å²) in [5, 5.41) is 3.58. The summed E-state index contributed by atoms with van der Waals surface area (Å²) in [6, 6.07) is 15.2. The number of ether oxygens (including phenoxy) is 1. The Morgan fingerprint density at radius 1 is 1.02 bits per heavy atom. The van der Waals surface area contributed by atoms with Gasteiger partial charge in [0.25, 0.3) is 10.0 Å².